The molecule has 2 aromatic rings. The van der Waals surface area contributed by atoms with Crippen LogP contribution in [0.2, 0.25) is 0 Å². The van der Waals surface area contributed by atoms with E-state index in [2.05, 4.69) is 16.9 Å². The van der Waals surface area contributed by atoms with Gasteiger partial charge in [-0.1, -0.05) is 19.1 Å². The Hall–Kier alpha value is -2.51. The van der Waals surface area contributed by atoms with Crippen LogP contribution in [0.4, 0.5) is 14.5 Å². The molecule has 0 bridgehead atoms. The number of anilines is 1. The van der Waals surface area contributed by atoms with E-state index in [-0.39, 0.29) is 23.9 Å². The van der Waals surface area contributed by atoms with Gasteiger partial charge in [0, 0.05) is 18.0 Å². The second-order valence-electron chi connectivity index (χ2n) is 8.11. The molecule has 1 aliphatic heterocycles. The maximum atomic E-state index is 14.5. The highest BCUT2D eigenvalue weighted by molar-refractivity contribution is 5.76. The number of benzene rings is 2. The molecule has 5 nitrogen and oxygen atoms in total. The van der Waals surface area contributed by atoms with Crippen LogP contribution in [-0.2, 0) is 16.9 Å². The molecule has 1 amide bonds. The van der Waals surface area contributed by atoms with E-state index in [1.807, 2.05) is 25.7 Å². The smallest absolute Gasteiger partial charge is 0.231 e. The van der Waals surface area contributed by atoms with Gasteiger partial charge in [0.15, 0.2) is 0 Å². The van der Waals surface area contributed by atoms with Crippen LogP contribution >= 0.6 is 0 Å². The summed E-state index contributed by atoms with van der Waals surface area (Å²) in [5.41, 5.74) is 16.4. The van der Waals surface area contributed by atoms with Gasteiger partial charge in [0.1, 0.15) is 11.6 Å². The molecule has 4 rings (SSSR count). The number of hydrogen-bond donors (Lipinski definition) is 3. The molecule has 2 atom stereocenters. The zero-order valence-electron chi connectivity index (χ0n) is 16.9. The number of likely N-dealkylation sites (N-methyl/N-ethyl adjacent to an activating group) is 1. The average Bonchev–Trinajstić information content (AvgIpc) is 3.39. The van der Waals surface area contributed by atoms with E-state index in [1.54, 1.807) is 0 Å². The Kier molecular flexibility index (Phi) is 4.83. The van der Waals surface area contributed by atoms with Crippen molar-refractivity contribution < 1.29 is 13.6 Å². The number of carbonyl (C=O) groups excluding carboxylic acids is 1. The Morgan fingerprint density at radius 1 is 1.31 bits per heavy atom. The third-order valence-electron chi connectivity index (χ3n) is 6.33. The number of hydrogen-bond acceptors (Lipinski definition) is 4. The first-order chi connectivity index (χ1) is 13.8. The number of nitrogens with zero attached hydrogens (tertiary/aromatic N) is 1. The normalized spacial score (nSPS) is 22.1. The van der Waals surface area contributed by atoms with Crippen LogP contribution in [0.25, 0.3) is 0 Å². The number of amides is 1. The summed E-state index contributed by atoms with van der Waals surface area (Å²) < 4.78 is 29.0. The zero-order chi connectivity index (χ0) is 20.9. The molecule has 1 aliphatic carbocycles. The molecule has 29 heavy (non-hydrogen) atoms. The van der Waals surface area contributed by atoms with Crippen molar-refractivity contribution in [2.24, 2.45) is 5.73 Å². The molecule has 1 saturated carbocycles. The Morgan fingerprint density at radius 3 is 2.62 bits per heavy atom. The summed E-state index contributed by atoms with van der Waals surface area (Å²) in [7, 11) is 0. The van der Waals surface area contributed by atoms with Crippen LogP contribution in [0.5, 0.6) is 0 Å². The van der Waals surface area contributed by atoms with Gasteiger partial charge in [-0.05, 0) is 61.2 Å². The van der Waals surface area contributed by atoms with E-state index in [1.165, 1.54) is 18.2 Å². The fourth-order valence-corrected chi connectivity index (χ4v) is 4.65. The highest BCUT2D eigenvalue weighted by Gasteiger charge is 2.62. The first-order valence-corrected chi connectivity index (χ1v) is 9.89. The quantitative estimate of drug-likeness (QED) is 0.697. The topological polar surface area (TPSA) is 70.4 Å². The molecule has 2 aliphatic rings. The average molecular weight is 400 g/mol. The molecule has 4 N–H and O–H groups in total. The second kappa shape index (κ2) is 7.07. The van der Waals surface area contributed by atoms with Crippen LogP contribution < -0.4 is 16.6 Å². The highest BCUT2D eigenvalue weighted by atomic mass is 19.1. The fourth-order valence-electron chi connectivity index (χ4n) is 4.65. The number of nitrogens with one attached hydrogen (secondary N) is 2. The third-order valence-corrected chi connectivity index (χ3v) is 6.33. The molecular formula is C22H26F2N4O. The van der Waals surface area contributed by atoms with E-state index in [0.29, 0.717) is 19.5 Å². The molecule has 0 aromatic heterocycles. The minimum absolute atomic E-state index is 0.0185. The number of halogens is 2. The van der Waals surface area contributed by atoms with Crippen molar-refractivity contribution in [3.63, 3.8) is 0 Å². The monoisotopic (exact) mass is 400 g/mol. The lowest BCUT2D eigenvalue weighted by molar-refractivity contribution is -0.119. The van der Waals surface area contributed by atoms with Gasteiger partial charge in [0.05, 0.1) is 17.8 Å². The second-order valence-corrected chi connectivity index (χ2v) is 8.11. The minimum atomic E-state index is -0.782. The molecule has 0 radical (unpaired) electrons. The molecule has 0 spiro atoms. The van der Waals surface area contributed by atoms with Crippen molar-refractivity contribution >= 4 is 11.6 Å². The molecular weight excluding hydrogens is 374 g/mol. The van der Waals surface area contributed by atoms with E-state index in [0.717, 1.165) is 27.9 Å². The van der Waals surface area contributed by atoms with E-state index >= 15 is 0 Å². The van der Waals surface area contributed by atoms with Gasteiger partial charge in [-0.15, -0.1) is 0 Å². The third kappa shape index (κ3) is 3.18. The Balaban J connectivity index is 1.75. The molecule has 7 heteroatoms. The van der Waals surface area contributed by atoms with Gasteiger partial charge < -0.3 is 11.2 Å². The number of nitrogens with two attached hydrogens (primary N) is 1. The summed E-state index contributed by atoms with van der Waals surface area (Å²) in [5, 5.41) is 0. The summed E-state index contributed by atoms with van der Waals surface area (Å²) in [6.07, 6.45) is 0.618. The van der Waals surface area contributed by atoms with Gasteiger partial charge >= 0.3 is 0 Å². The van der Waals surface area contributed by atoms with Gasteiger partial charge in [-0.3, -0.25) is 9.69 Å². The number of fused-ring (bicyclic) bond motifs is 3. The maximum Gasteiger partial charge on any atom is 0.231 e. The number of aryl methyl sites for hydroxylation is 1. The fraction of sp³-hybridized carbons (Fsp3) is 0.409. The Morgan fingerprint density at radius 2 is 2.00 bits per heavy atom. The van der Waals surface area contributed by atoms with Crippen molar-refractivity contribution in [1.29, 1.82) is 0 Å². The van der Waals surface area contributed by atoms with E-state index in [9.17, 15) is 13.6 Å². The van der Waals surface area contributed by atoms with E-state index in [4.69, 9.17) is 5.73 Å². The predicted molar refractivity (Wildman–Crippen MR) is 108 cm³/mol. The lowest BCUT2D eigenvalue weighted by Gasteiger charge is -2.32. The highest BCUT2D eigenvalue weighted by Crippen LogP contribution is 2.63. The van der Waals surface area contributed by atoms with Crippen molar-refractivity contribution in [1.82, 2.24) is 10.3 Å². The lowest BCUT2D eigenvalue weighted by Crippen LogP contribution is -2.41. The number of rotatable bonds is 6. The summed E-state index contributed by atoms with van der Waals surface area (Å²) in [5.74, 6) is -1.45. The van der Waals surface area contributed by atoms with E-state index < -0.39 is 17.2 Å². The van der Waals surface area contributed by atoms with Gasteiger partial charge in [0.25, 0.3) is 0 Å². The van der Waals surface area contributed by atoms with Crippen LogP contribution in [0.15, 0.2) is 24.3 Å². The lowest BCUT2D eigenvalue weighted by atomic mass is 9.88. The largest absolute Gasteiger partial charge is 0.369 e. The van der Waals surface area contributed by atoms with Gasteiger partial charge in [-0.2, -0.15) is 0 Å². The van der Waals surface area contributed by atoms with Crippen molar-refractivity contribution in [3.05, 3.63) is 63.7 Å². The molecule has 2 unspecified atom stereocenters. The van der Waals surface area contributed by atoms with Crippen molar-refractivity contribution in [3.8, 4) is 0 Å². The summed E-state index contributed by atoms with van der Waals surface area (Å²) >= 11 is 0. The first kappa shape index (κ1) is 19.8. The number of primary amides is 1. The maximum absolute atomic E-state index is 14.5. The summed E-state index contributed by atoms with van der Waals surface area (Å²) in [6.45, 7) is 7.50. The van der Waals surface area contributed by atoms with Crippen LogP contribution in [0.1, 0.15) is 47.1 Å². The molecule has 0 saturated heterocycles. The zero-order valence-corrected chi connectivity index (χ0v) is 16.9. The van der Waals surface area contributed by atoms with Crippen LogP contribution in [0.3, 0.4) is 0 Å². The predicted octanol–water partition coefficient (Wildman–Crippen LogP) is 3.20. The van der Waals surface area contributed by atoms with Gasteiger partial charge in [-0.25, -0.2) is 14.2 Å². The standard InChI is InChI=1S/C22H26F2N4O/c1-4-28(11-18(25)29)10-14-8-12(2)13(3)19-15-9-22(15,27-26-21(14)19)20-16(23)6-5-7-17(20)24/h5-8,15,26-27H,4,9-11H2,1-3H3,(H2,25,29). The Labute approximate surface area is 169 Å². The summed E-state index contributed by atoms with van der Waals surface area (Å²) in [6, 6.07) is 6.10. The van der Waals surface area contributed by atoms with Crippen LogP contribution in [0, 0.1) is 25.5 Å². The number of hydrazine groups is 1. The molecule has 2 aromatic carbocycles. The van der Waals surface area contributed by atoms with Crippen molar-refractivity contribution in [2.75, 3.05) is 18.5 Å². The number of carbonyl (C=O) groups is 1. The Bertz CT molecular complexity index is 973. The van der Waals surface area contributed by atoms with Gasteiger partial charge in [0.2, 0.25) is 5.91 Å². The van der Waals surface area contributed by atoms with Crippen LogP contribution in [-0.4, -0.2) is 23.9 Å². The van der Waals surface area contributed by atoms with Crippen molar-refractivity contribution in [2.45, 2.75) is 45.2 Å². The molecule has 1 fully saturated rings. The molecule has 154 valence electrons. The SMILES string of the molecule is CCN(CC(N)=O)Cc1cc(C)c(C)c2c1NNC1(c3c(F)cccc3F)CC21. The molecule has 1 heterocycles. The first-order valence-electron chi connectivity index (χ1n) is 9.89. The minimum Gasteiger partial charge on any atom is -0.369 e. The summed E-state index contributed by atoms with van der Waals surface area (Å²) in [4.78, 5) is 13.3.